The lowest BCUT2D eigenvalue weighted by Crippen LogP contribution is -2.41. The van der Waals surface area contributed by atoms with E-state index >= 15 is 0 Å². The third-order valence-corrected chi connectivity index (χ3v) is 4.32. The number of carbonyl (C=O) groups is 1. The summed E-state index contributed by atoms with van der Waals surface area (Å²) in [5.41, 5.74) is 0.325. The van der Waals surface area contributed by atoms with E-state index in [-0.39, 0.29) is 17.4 Å². The molecule has 0 aliphatic heterocycles. The number of hydrogen-bond acceptors (Lipinski definition) is 3. The summed E-state index contributed by atoms with van der Waals surface area (Å²) in [5, 5.41) is 22.4. The van der Waals surface area contributed by atoms with Crippen molar-refractivity contribution in [1.82, 2.24) is 5.32 Å². The van der Waals surface area contributed by atoms with E-state index in [1.807, 2.05) is 6.07 Å². The predicted octanol–water partition coefficient (Wildman–Crippen LogP) is 3.65. The van der Waals surface area contributed by atoms with Gasteiger partial charge in [-0.15, -0.1) is 0 Å². The molecule has 22 heavy (non-hydrogen) atoms. The third-order valence-electron chi connectivity index (χ3n) is 4.08. The predicted molar refractivity (Wildman–Crippen MR) is 86.3 cm³/mol. The molecular weight excluding hydrogens is 300 g/mol. The Morgan fingerprint density at radius 2 is 2.18 bits per heavy atom. The Hall–Kier alpha value is -1.99. The first-order valence-corrected chi connectivity index (χ1v) is 7.80. The average Bonchev–Trinajstić information content (AvgIpc) is 2.50. The highest BCUT2D eigenvalue weighted by molar-refractivity contribution is 6.30. The van der Waals surface area contributed by atoms with Crippen LogP contribution in [0.3, 0.4) is 0 Å². The number of nitrogens with zero attached hydrogens (tertiary/aromatic N) is 1. The number of phenolic OH excluding ortho intramolecular Hbond substituents is 1. The van der Waals surface area contributed by atoms with Crippen molar-refractivity contribution in [1.29, 1.82) is 5.26 Å². The Bertz CT molecular complexity index is 634. The SMILES string of the molecule is C[C@H]1CCCC[C@@H]1NC(=O)/C(C#N)=C/c1cc(Cl)ccc1O. The maximum absolute atomic E-state index is 12.3. The molecule has 1 fully saturated rings. The van der Waals surface area contributed by atoms with E-state index in [9.17, 15) is 15.2 Å². The van der Waals surface area contributed by atoms with Gasteiger partial charge in [0.05, 0.1) is 0 Å². The van der Waals surface area contributed by atoms with Crippen LogP contribution in [-0.2, 0) is 4.79 Å². The summed E-state index contributed by atoms with van der Waals surface area (Å²) in [4.78, 5) is 12.3. The second-order valence-corrected chi connectivity index (χ2v) is 6.15. The summed E-state index contributed by atoms with van der Waals surface area (Å²) in [5.74, 6) is -0.00572. The van der Waals surface area contributed by atoms with Crippen LogP contribution in [0.25, 0.3) is 6.08 Å². The van der Waals surface area contributed by atoms with Gasteiger partial charge in [0.1, 0.15) is 17.4 Å². The Labute approximate surface area is 135 Å². The summed E-state index contributed by atoms with van der Waals surface area (Å²) < 4.78 is 0. The summed E-state index contributed by atoms with van der Waals surface area (Å²) >= 11 is 5.87. The summed E-state index contributed by atoms with van der Waals surface area (Å²) in [6.45, 7) is 2.11. The Morgan fingerprint density at radius 1 is 1.45 bits per heavy atom. The highest BCUT2D eigenvalue weighted by atomic mass is 35.5. The lowest BCUT2D eigenvalue weighted by atomic mass is 9.86. The van der Waals surface area contributed by atoms with Gasteiger partial charge in [-0.1, -0.05) is 31.4 Å². The molecule has 0 heterocycles. The number of amides is 1. The second-order valence-electron chi connectivity index (χ2n) is 5.71. The van der Waals surface area contributed by atoms with Crippen molar-refractivity contribution in [3.63, 3.8) is 0 Å². The lowest BCUT2D eigenvalue weighted by molar-refractivity contribution is -0.118. The molecule has 2 N–H and O–H groups in total. The van der Waals surface area contributed by atoms with Gasteiger partial charge in [0.2, 0.25) is 0 Å². The van der Waals surface area contributed by atoms with Gasteiger partial charge in [0, 0.05) is 16.6 Å². The zero-order chi connectivity index (χ0) is 16.1. The molecule has 1 aromatic rings. The van der Waals surface area contributed by atoms with E-state index in [1.54, 1.807) is 6.07 Å². The monoisotopic (exact) mass is 318 g/mol. The van der Waals surface area contributed by atoms with Crippen LogP contribution in [-0.4, -0.2) is 17.1 Å². The number of nitriles is 1. The molecule has 1 aromatic carbocycles. The van der Waals surface area contributed by atoms with Crippen molar-refractivity contribution in [3.05, 3.63) is 34.4 Å². The fraction of sp³-hybridized carbons (Fsp3) is 0.412. The molecule has 1 aliphatic carbocycles. The van der Waals surface area contributed by atoms with Crippen molar-refractivity contribution in [2.45, 2.75) is 38.6 Å². The number of benzene rings is 1. The average molecular weight is 319 g/mol. The van der Waals surface area contributed by atoms with Gasteiger partial charge in [-0.3, -0.25) is 4.79 Å². The second kappa shape index (κ2) is 7.33. The molecule has 0 unspecified atom stereocenters. The van der Waals surface area contributed by atoms with Crippen LogP contribution in [0.2, 0.25) is 5.02 Å². The highest BCUT2D eigenvalue weighted by Crippen LogP contribution is 2.25. The number of phenols is 1. The van der Waals surface area contributed by atoms with Gasteiger partial charge < -0.3 is 10.4 Å². The zero-order valence-electron chi connectivity index (χ0n) is 12.5. The van der Waals surface area contributed by atoms with Crippen LogP contribution in [0.4, 0.5) is 0 Å². The molecule has 4 nitrogen and oxygen atoms in total. The van der Waals surface area contributed by atoms with Crippen LogP contribution in [0.15, 0.2) is 23.8 Å². The smallest absolute Gasteiger partial charge is 0.262 e. The summed E-state index contributed by atoms with van der Waals surface area (Å²) in [6, 6.07) is 6.50. The number of rotatable bonds is 3. The van der Waals surface area contributed by atoms with Gasteiger partial charge in [0.15, 0.2) is 0 Å². The van der Waals surface area contributed by atoms with Gasteiger partial charge in [0.25, 0.3) is 5.91 Å². The number of nitrogens with one attached hydrogen (secondary N) is 1. The van der Waals surface area contributed by atoms with Gasteiger partial charge >= 0.3 is 0 Å². The number of hydrogen-bond donors (Lipinski definition) is 2. The van der Waals surface area contributed by atoms with Crippen LogP contribution in [0.1, 0.15) is 38.2 Å². The molecule has 1 saturated carbocycles. The minimum Gasteiger partial charge on any atom is -0.507 e. The molecule has 0 saturated heterocycles. The number of carbonyl (C=O) groups excluding carboxylic acids is 1. The fourth-order valence-electron chi connectivity index (χ4n) is 2.72. The minimum absolute atomic E-state index is 0.0176. The van der Waals surface area contributed by atoms with Crippen molar-refractivity contribution in [2.24, 2.45) is 5.92 Å². The molecule has 0 radical (unpaired) electrons. The molecule has 116 valence electrons. The number of halogens is 1. The first-order valence-electron chi connectivity index (χ1n) is 7.42. The molecule has 0 spiro atoms. The normalized spacial score (nSPS) is 22.0. The van der Waals surface area contributed by atoms with Crippen LogP contribution in [0.5, 0.6) is 5.75 Å². The minimum atomic E-state index is -0.402. The molecule has 5 heteroatoms. The van der Waals surface area contributed by atoms with E-state index < -0.39 is 5.91 Å². The lowest BCUT2D eigenvalue weighted by Gasteiger charge is -2.29. The molecule has 1 aliphatic rings. The van der Waals surface area contributed by atoms with Crippen molar-refractivity contribution < 1.29 is 9.90 Å². The third kappa shape index (κ3) is 4.02. The largest absolute Gasteiger partial charge is 0.507 e. The Morgan fingerprint density at radius 3 is 2.86 bits per heavy atom. The quantitative estimate of drug-likeness (QED) is 0.660. The summed E-state index contributed by atoms with van der Waals surface area (Å²) in [7, 11) is 0. The first-order chi connectivity index (χ1) is 10.5. The standard InChI is InChI=1S/C17H19ClN2O2/c1-11-4-2-3-5-15(11)20-17(22)13(10-19)8-12-9-14(18)6-7-16(12)21/h6-9,11,15,21H,2-5H2,1H3,(H,20,22)/b13-8+/t11-,15-/m0/s1. The van der Waals surface area contributed by atoms with E-state index in [0.717, 1.165) is 19.3 Å². The molecular formula is C17H19ClN2O2. The molecule has 0 aromatic heterocycles. The Balaban J connectivity index is 2.16. The molecule has 1 amide bonds. The van der Waals surface area contributed by atoms with E-state index in [1.165, 1.54) is 24.6 Å². The van der Waals surface area contributed by atoms with E-state index in [4.69, 9.17) is 11.6 Å². The van der Waals surface area contributed by atoms with Crippen molar-refractivity contribution >= 4 is 23.6 Å². The molecule has 0 bridgehead atoms. The van der Waals surface area contributed by atoms with Crippen molar-refractivity contribution in [3.8, 4) is 11.8 Å². The fourth-order valence-corrected chi connectivity index (χ4v) is 2.90. The van der Waals surface area contributed by atoms with Crippen LogP contribution >= 0.6 is 11.6 Å². The maximum atomic E-state index is 12.3. The topological polar surface area (TPSA) is 73.1 Å². The van der Waals surface area contributed by atoms with Crippen molar-refractivity contribution in [2.75, 3.05) is 0 Å². The molecule has 2 rings (SSSR count). The maximum Gasteiger partial charge on any atom is 0.262 e. The van der Waals surface area contributed by atoms with E-state index in [2.05, 4.69) is 12.2 Å². The van der Waals surface area contributed by atoms with E-state index in [0.29, 0.717) is 16.5 Å². The van der Waals surface area contributed by atoms with Crippen LogP contribution < -0.4 is 5.32 Å². The first kappa shape index (κ1) is 16.4. The Kier molecular flexibility index (Phi) is 5.46. The van der Waals surface area contributed by atoms with Gasteiger partial charge in [-0.25, -0.2) is 0 Å². The zero-order valence-corrected chi connectivity index (χ0v) is 13.2. The summed E-state index contributed by atoms with van der Waals surface area (Å²) in [6.07, 6.45) is 5.67. The van der Waals surface area contributed by atoms with Gasteiger partial charge in [-0.05, 0) is 43.0 Å². The molecule has 2 atom stereocenters. The highest BCUT2D eigenvalue weighted by Gasteiger charge is 2.24. The van der Waals surface area contributed by atoms with Crippen LogP contribution in [0, 0.1) is 17.2 Å². The number of aromatic hydroxyl groups is 1. The van der Waals surface area contributed by atoms with Gasteiger partial charge in [-0.2, -0.15) is 5.26 Å².